The predicted octanol–water partition coefficient (Wildman–Crippen LogP) is -0.374. The van der Waals surface area contributed by atoms with Crippen LogP contribution >= 0.6 is 0 Å². The fourth-order valence-electron chi connectivity index (χ4n) is 4.87. The summed E-state index contributed by atoms with van der Waals surface area (Å²) >= 11 is -2.10. The summed E-state index contributed by atoms with van der Waals surface area (Å²) in [6.07, 6.45) is 9.61. The summed E-state index contributed by atoms with van der Waals surface area (Å²) < 4.78 is 3.69. The molecule has 0 aliphatic heterocycles. The molecule has 0 radical (unpaired) electrons. The van der Waals surface area contributed by atoms with E-state index in [1.165, 1.54) is 24.0 Å². The van der Waals surface area contributed by atoms with Crippen molar-refractivity contribution in [2.24, 2.45) is 0 Å². The van der Waals surface area contributed by atoms with E-state index in [0.29, 0.717) is 0 Å². The predicted molar refractivity (Wildman–Crippen MR) is 126 cm³/mol. The Bertz CT molecular complexity index is 1030. The van der Waals surface area contributed by atoms with Crippen LogP contribution in [0.2, 0.25) is 0 Å². The Hall–Kier alpha value is -0.920. The van der Waals surface area contributed by atoms with Crippen LogP contribution in [0, 0.1) is 13.8 Å². The summed E-state index contributed by atoms with van der Waals surface area (Å²) in [7, 11) is 0. The Balaban J connectivity index is 0.00000171. The molecule has 0 amide bonds. The molecule has 0 spiro atoms. The van der Waals surface area contributed by atoms with E-state index in [2.05, 4.69) is 101 Å². The van der Waals surface area contributed by atoms with Gasteiger partial charge in [0.2, 0.25) is 0 Å². The molecule has 0 nitrogen and oxygen atoms in total. The number of allylic oxidation sites excluding steroid dienone is 8. The number of hydrogen-bond donors (Lipinski definition) is 0. The van der Waals surface area contributed by atoms with Crippen molar-refractivity contribution in [2.45, 2.75) is 47.5 Å². The van der Waals surface area contributed by atoms with Gasteiger partial charge in [0.25, 0.3) is 0 Å². The zero-order valence-corrected chi connectivity index (χ0v) is 24.2. The number of aryl methyl sites for hydroxylation is 2. The van der Waals surface area contributed by atoms with Crippen molar-refractivity contribution in [3.8, 4) is 0 Å². The topological polar surface area (TPSA) is 0 Å². The number of rotatable bonds is 5. The van der Waals surface area contributed by atoms with E-state index < -0.39 is 26.8 Å². The second kappa shape index (κ2) is 11.3. The minimum absolute atomic E-state index is 0. The van der Waals surface area contributed by atoms with Crippen LogP contribution in [-0.4, -0.2) is 5.92 Å². The first-order valence-corrected chi connectivity index (χ1v) is 19.1. The summed E-state index contributed by atoms with van der Waals surface area (Å²) in [5.41, 5.74) is 7.78. The van der Waals surface area contributed by atoms with Gasteiger partial charge >= 0.3 is 186 Å². The first kappa shape index (κ1) is 26.3. The number of halogens is 2. The standard InChI is InChI=1S/C14H15Si.C8H11.C5H5.2ClH.Zr/c1-11-7-3-5-9-13(11)15-14-10-6-4-8-12(14)2;1-6-4-5-7(2)8(6)3;1-2-4-5-3-1;;;/h3-10,15H,1-2H3;4H2,1-3H3;1-3H,4H2;2*1H;/q;;;;;+2/p-2. The fraction of sp³-hybridized carbons (Fsp3) is 0.259. The Labute approximate surface area is 209 Å². The van der Waals surface area contributed by atoms with Gasteiger partial charge in [0.15, 0.2) is 0 Å². The van der Waals surface area contributed by atoms with Crippen LogP contribution in [0.25, 0.3) is 0 Å². The third kappa shape index (κ3) is 5.19. The van der Waals surface area contributed by atoms with Crippen molar-refractivity contribution in [3.05, 3.63) is 101 Å². The average molecular weight is 546 g/mol. The van der Waals surface area contributed by atoms with E-state index in [1.54, 1.807) is 27.1 Å². The van der Waals surface area contributed by atoms with Gasteiger partial charge in [-0.2, -0.15) is 0 Å². The molecular formula is C27H31Cl2SiZr. The van der Waals surface area contributed by atoms with E-state index in [9.17, 15) is 0 Å². The Morgan fingerprint density at radius 2 is 1.29 bits per heavy atom. The molecule has 161 valence electrons. The van der Waals surface area contributed by atoms with Gasteiger partial charge in [-0.1, -0.05) is 0 Å². The molecule has 0 aromatic heterocycles. The quantitative estimate of drug-likeness (QED) is 0.450. The molecule has 2 aliphatic carbocycles. The van der Waals surface area contributed by atoms with Crippen LogP contribution in [0.1, 0.15) is 44.7 Å². The van der Waals surface area contributed by atoms with Crippen molar-refractivity contribution in [3.63, 3.8) is 0 Å². The van der Waals surface area contributed by atoms with E-state index in [0.717, 1.165) is 0 Å². The molecule has 31 heavy (non-hydrogen) atoms. The van der Waals surface area contributed by atoms with Crippen LogP contribution in [0.5, 0.6) is 0 Å². The monoisotopic (exact) mass is 543 g/mol. The summed E-state index contributed by atoms with van der Waals surface area (Å²) in [5.74, 6) is -1.34. The molecule has 2 aromatic carbocycles. The van der Waals surface area contributed by atoms with Crippen LogP contribution < -0.4 is 35.2 Å². The maximum Gasteiger partial charge on any atom is -1.00 e. The fourth-order valence-corrected chi connectivity index (χ4v) is 31.1. The normalized spacial score (nSPS) is 15.2. The minimum Gasteiger partial charge on any atom is -1.00 e. The summed E-state index contributed by atoms with van der Waals surface area (Å²) in [6.45, 7) is 11.8. The Morgan fingerprint density at radius 1 is 0.742 bits per heavy atom. The Kier molecular flexibility index (Phi) is 9.58. The third-order valence-corrected chi connectivity index (χ3v) is 28.6. The molecule has 4 heteroatoms. The first-order chi connectivity index (χ1) is 14.0. The van der Waals surface area contributed by atoms with Gasteiger partial charge in [0.1, 0.15) is 0 Å². The van der Waals surface area contributed by atoms with Gasteiger partial charge in [0, 0.05) is 0 Å². The molecule has 2 aliphatic rings. The number of hydrogen-bond acceptors (Lipinski definition) is 0. The maximum absolute atomic E-state index is 2.49. The molecule has 0 bridgehead atoms. The van der Waals surface area contributed by atoms with Crippen molar-refractivity contribution in [2.75, 3.05) is 0 Å². The van der Waals surface area contributed by atoms with E-state index >= 15 is 0 Å². The van der Waals surface area contributed by atoms with Gasteiger partial charge in [-0.3, -0.25) is 0 Å². The van der Waals surface area contributed by atoms with E-state index in [-0.39, 0.29) is 24.8 Å². The summed E-state index contributed by atoms with van der Waals surface area (Å²) in [6, 6.07) is 18.5. The van der Waals surface area contributed by atoms with E-state index in [4.69, 9.17) is 0 Å². The van der Waals surface area contributed by atoms with Gasteiger partial charge < -0.3 is 24.8 Å². The number of benzene rings is 2. The SMILES string of the molecule is CC1=C(C)C(C)=[C]([Zr+2]([C]2=CC=CC2)[SiH](c2ccccc2C)c2ccccc2C)C1.[Cl-].[Cl-]. The molecule has 0 heterocycles. The zero-order valence-electron chi connectivity index (χ0n) is 19.1. The molecule has 4 rings (SSSR count). The molecule has 2 aromatic rings. The van der Waals surface area contributed by atoms with E-state index in [1.807, 2.05) is 6.56 Å². The molecule has 0 fully saturated rings. The third-order valence-electron chi connectivity index (χ3n) is 6.83. The van der Waals surface area contributed by atoms with Crippen molar-refractivity contribution in [1.29, 1.82) is 0 Å². The molecule has 0 unspecified atom stereocenters. The van der Waals surface area contributed by atoms with Crippen LogP contribution in [0.4, 0.5) is 0 Å². The van der Waals surface area contributed by atoms with Crippen molar-refractivity contribution < 1.29 is 45.7 Å². The summed E-state index contributed by atoms with van der Waals surface area (Å²) in [5, 5.41) is 3.37. The maximum atomic E-state index is 2.49. The van der Waals surface area contributed by atoms with Crippen LogP contribution in [0.3, 0.4) is 0 Å². The molecule has 0 saturated carbocycles. The minimum atomic E-state index is -2.10. The van der Waals surface area contributed by atoms with Gasteiger partial charge in [-0.05, 0) is 0 Å². The van der Waals surface area contributed by atoms with Gasteiger partial charge in [0.05, 0.1) is 0 Å². The second-order valence-electron chi connectivity index (χ2n) is 8.57. The van der Waals surface area contributed by atoms with Crippen molar-refractivity contribution >= 4 is 16.3 Å². The van der Waals surface area contributed by atoms with Gasteiger partial charge in [-0.25, -0.2) is 0 Å². The molecule has 0 saturated heterocycles. The average Bonchev–Trinajstić information content (AvgIpc) is 3.33. The largest absolute Gasteiger partial charge is 1.00 e. The zero-order chi connectivity index (χ0) is 20.5. The second-order valence-corrected chi connectivity index (χ2v) is 23.4. The van der Waals surface area contributed by atoms with Crippen molar-refractivity contribution in [1.82, 2.24) is 0 Å². The van der Waals surface area contributed by atoms with Gasteiger partial charge in [-0.15, -0.1) is 0 Å². The first-order valence-electron chi connectivity index (χ1n) is 10.7. The van der Waals surface area contributed by atoms with Crippen LogP contribution in [0.15, 0.2) is 90.0 Å². The van der Waals surface area contributed by atoms with Crippen LogP contribution in [-0.2, 0) is 20.9 Å². The Morgan fingerprint density at radius 3 is 1.71 bits per heavy atom. The molecule has 0 N–H and O–H groups in total. The molecule has 0 atom stereocenters. The smallest absolute Gasteiger partial charge is 1.00 e. The summed E-state index contributed by atoms with van der Waals surface area (Å²) in [4.78, 5) is 0. The molecular weight excluding hydrogens is 515 g/mol.